The minimum atomic E-state index is -0.795. The van der Waals surface area contributed by atoms with Gasteiger partial charge in [-0.25, -0.2) is 4.79 Å². The lowest BCUT2D eigenvalue weighted by Crippen LogP contribution is -2.71. The fraction of sp³-hybridized carbons (Fsp3) is 0.289. The summed E-state index contributed by atoms with van der Waals surface area (Å²) in [6, 6.07) is 25.6. The first-order valence-corrected chi connectivity index (χ1v) is 17.9. The van der Waals surface area contributed by atoms with Crippen LogP contribution in [0.3, 0.4) is 0 Å². The number of piperidine rings is 1. The average Bonchev–Trinajstić information content (AvgIpc) is 3.14. The molecule has 2 atom stereocenters. The Morgan fingerprint density at radius 1 is 0.980 bits per heavy atom. The normalized spacial score (nSPS) is 19.2. The second-order valence-corrected chi connectivity index (χ2v) is 14.0. The largest absolute Gasteiger partial charge is 0.461 e. The Hall–Kier alpha value is -4.87. The van der Waals surface area contributed by atoms with Gasteiger partial charge in [0.2, 0.25) is 5.91 Å². The van der Waals surface area contributed by atoms with Gasteiger partial charge < -0.3 is 19.7 Å². The van der Waals surface area contributed by atoms with E-state index in [1.54, 1.807) is 6.20 Å². The summed E-state index contributed by atoms with van der Waals surface area (Å²) in [7, 11) is 0. The lowest BCUT2D eigenvalue weighted by Gasteiger charge is -2.50. The Balaban J connectivity index is 1.05. The number of hydrogen-bond donors (Lipinski definition) is 1. The first-order valence-electron chi connectivity index (χ1n) is 16.5. The third-order valence-corrected chi connectivity index (χ3v) is 10.9. The van der Waals surface area contributed by atoms with Gasteiger partial charge >= 0.3 is 11.9 Å². The van der Waals surface area contributed by atoms with E-state index in [1.165, 1.54) is 23.6 Å². The molecule has 256 valence electrons. The number of hydrogen-bond acceptors (Lipinski definition) is 9. The molecule has 3 aliphatic rings. The molecule has 0 saturated carbocycles. The molecule has 0 radical (unpaired) electrons. The number of amides is 2. The molecule has 7 rings (SSSR count). The Kier molecular flexibility index (Phi) is 9.78. The van der Waals surface area contributed by atoms with Gasteiger partial charge in [-0.15, -0.1) is 11.8 Å². The summed E-state index contributed by atoms with van der Waals surface area (Å²) in [5, 5.41) is 4.12. The maximum Gasteiger partial charge on any atom is 0.356 e. The van der Waals surface area contributed by atoms with E-state index in [4.69, 9.17) is 21.1 Å². The molecule has 3 aliphatic heterocycles. The van der Waals surface area contributed by atoms with Gasteiger partial charge in [0.1, 0.15) is 23.7 Å². The fourth-order valence-electron chi connectivity index (χ4n) is 6.75. The molecule has 1 aromatic heterocycles. The van der Waals surface area contributed by atoms with Crippen LogP contribution in [0.15, 0.2) is 102 Å². The van der Waals surface area contributed by atoms with E-state index in [2.05, 4.69) is 15.2 Å². The molecule has 2 amide bonds. The molecule has 3 aromatic carbocycles. The molecule has 4 aromatic rings. The van der Waals surface area contributed by atoms with Crippen molar-refractivity contribution in [1.82, 2.24) is 15.2 Å². The number of halogens is 1. The van der Waals surface area contributed by atoms with Crippen LogP contribution in [-0.2, 0) is 28.7 Å². The summed E-state index contributed by atoms with van der Waals surface area (Å²) in [5.74, 6) is -1.73. The number of carbonyl (C=O) groups is 4. The van der Waals surface area contributed by atoms with Crippen molar-refractivity contribution in [3.05, 3.63) is 119 Å². The zero-order valence-corrected chi connectivity index (χ0v) is 28.9. The first kappa shape index (κ1) is 33.6. The third kappa shape index (κ3) is 6.80. The minimum absolute atomic E-state index is 0.0570. The summed E-state index contributed by atoms with van der Waals surface area (Å²) in [4.78, 5) is 61.1. The second-order valence-electron chi connectivity index (χ2n) is 12.5. The first-order chi connectivity index (χ1) is 24.3. The van der Waals surface area contributed by atoms with Crippen molar-refractivity contribution in [2.24, 2.45) is 5.92 Å². The number of esters is 2. The van der Waals surface area contributed by atoms with Gasteiger partial charge in [-0.3, -0.25) is 24.3 Å². The van der Waals surface area contributed by atoms with Gasteiger partial charge in [0.15, 0.2) is 6.10 Å². The number of rotatable bonds is 9. The molecule has 0 spiro atoms. The van der Waals surface area contributed by atoms with Crippen molar-refractivity contribution in [3.8, 4) is 0 Å². The van der Waals surface area contributed by atoms with E-state index >= 15 is 0 Å². The van der Waals surface area contributed by atoms with Crippen molar-refractivity contribution in [3.63, 3.8) is 0 Å². The maximum atomic E-state index is 14.0. The zero-order chi connectivity index (χ0) is 34.8. The number of carbonyl (C=O) groups excluding carboxylic acids is 4. The number of thioether (sulfide) groups is 1. The van der Waals surface area contributed by atoms with Gasteiger partial charge in [0.25, 0.3) is 5.91 Å². The van der Waals surface area contributed by atoms with E-state index in [1.807, 2.05) is 84.9 Å². The Morgan fingerprint density at radius 3 is 2.32 bits per heavy atom. The number of β-lactam (4-membered cyclic amide) rings is 1. The average molecular weight is 711 g/mol. The number of pyridine rings is 1. The maximum absolute atomic E-state index is 14.0. The number of nitrogens with one attached hydrogen (secondary N) is 1. The predicted octanol–water partition coefficient (Wildman–Crippen LogP) is 5.65. The molecule has 2 fully saturated rings. The number of ether oxygens (including phenoxy) is 2. The SMILES string of the molecule is CC(=O)OCC1=C(C(=O)OC(c2ccccc2)c2ccccc2)N2C(=O)[C@@H](NC(=O)C3CCN(c4ccnc5cc(Cl)ccc45)CC3)[C@H]2SC1. The Morgan fingerprint density at radius 2 is 1.66 bits per heavy atom. The van der Waals surface area contributed by atoms with Crippen LogP contribution in [0, 0.1) is 5.92 Å². The summed E-state index contributed by atoms with van der Waals surface area (Å²) in [6.07, 6.45) is 2.27. The van der Waals surface area contributed by atoms with Gasteiger partial charge in [0.05, 0.1) is 5.52 Å². The standard InChI is InChI=1S/C38H35ClN4O6S/c1-23(44)48-21-27-22-50-37-32(41-35(45)26-15-18-42(19-16-26)31-14-17-40-30-20-28(39)12-13-29(30)31)36(46)43(37)33(27)38(47)49-34(24-8-4-2-5-9-24)25-10-6-3-7-11-25/h2-14,17,20,26,32,34,37H,15-16,18-19,21-22H2,1H3,(H,41,45)/t32-,37-/m1/s1. The molecule has 0 aliphatic carbocycles. The predicted molar refractivity (Wildman–Crippen MR) is 191 cm³/mol. The summed E-state index contributed by atoms with van der Waals surface area (Å²) in [6.45, 7) is 2.48. The number of benzene rings is 3. The molecule has 12 heteroatoms. The third-order valence-electron chi connectivity index (χ3n) is 9.31. The monoisotopic (exact) mass is 710 g/mol. The number of fused-ring (bicyclic) bond motifs is 2. The molecule has 10 nitrogen and oxygen atoms in total. The van der Waals surface area contributed by atoms with Crippen LogP contribution in [0.1, 0.15) is 37.0 Å². The minimum Gasteiger partial charge on any atom is -0.461 e. The van der Waals surface area contributed by atoms with Crippen LogP contribution in [0.5, 0.6) is 0 Å². The van der Waals surface area contributed by atoms with Crippen LogP contribution in [0.4, 0.5) is 5.69 Å². The van der Waals surface area contributed by atoms with Gasteiger partial charge in [-0.05, 0) is 48.2 Å². The quantitative estimate of drug-likeness (QED) is 0.174. The fourth-order valence-corrected chi connectivity index (χ4v) is 8.25. The second kappa shape index (κ2) is 14.5. The highest BCUT2D eigenvalue weighted by Crippen LogP contribution is 2.42. The number of aromatic nitrogens is 1. The lowest BCUT2D eigenvalue weighted by molar-refractivity contribution is -0.155. The highest BCUT2D eigenvalue weighted by molar-refractivity contribution is 8.00. The van der Waals surface area contributed by atoms with Crippen molar-refractivity contribution in [2.75, 3.05) is 30.3 Å². The van der Waals surface area contributed by atoms with E-state index in [-0.39, 0.29) is 24.1 Å². The van der Waals surface area contributed by atoms with E-state index in [9.17, 15) is 19.2 Å². The van der Waals surface area contributed by atoms with Gasteiger partial charge in [-0.2, -0.15) is 0 Å². The van der Waals surface area contributed by atoms with Crippen molar-refractivity contribution >= 4 is 63.7 Å². The smallest absolute Gasteiger partial charge is 0.356 e. The van der Waals surface area contributed by atoms with Crippen LogP contribution in [-0.4, -0.2) is 70.5 Å². The number of nitrogens with zero attached hydrogens (tertiary/aromatic N) is 3. The topological polar surface area (TPSA) is 118 Å². The van der Waals surface area contributed by atoms with Crippen molar-refractivity contribution < 1.29 is 28.7 Å². The molecule has 2 saturated heterocycles. The summed E-state index contributed by atoms with van der Waals surface area (Å²) in [5.41, 5.74) is 3.93. The number of anilines is 1. The highest BCUT2D eigenvalue weighted by Gasteiger charge is 2.55. The molecule has 4 heterocycles. The molecule has 0 unspecified atom stereocenters. The molecule has 50 heavy (non-hydrogen) atoms. The zero-order valence-electron chi connectivity index (χ0n) is 27.3. The molecular weight excluding hydrogens is 676 g/mol. The lowest BCUT2D eigenvalue weighted by atomic mass is 9.94. The molecule has 0 bridgehead atoms. The van der Waals surface area contributed by atoms with E-state index < -0.39 is 35.4 Å². The van der Waals surface area contributed by atoms with Gasteiger partial charge in [-0.1, -0.05) is 72.3 Å². The van der Waals surface area contributed by atoms with E-state index in [0.717, 1.165) is 27.7 Å². The molecular formula is C38H35ClN4O6S. The van der Waals surface area contributed by atoms with Crippen molar-refractivity contribution in [2.45, 2.75) is 37.3 Å². The van der Waals surface area contributed by atoms with Crippen LogP contribution < -0.4 is 10.2 Å². The van der Waals surface area contributed by atoms with Gasteiger partial charge in [0, 0.05) is 59.6 Å². The van der Waals surface area contributed by atoms with E-state index in [0.29, 0.717) is 42.3 Å². The molecule has 1 N–H and O–H groups in total. The van der Waals surface area contributed by atoms with Crippen LogP contribution in [0.2, 0.25) is 5.02 Å². The summed E-state index contributed by atoms with van der Waals surface area (Å²) >= 11 is 7.59. The summed E-state index contributed by atoms with van der Waals surface area (Å²) < 4.78 is 11.4. The van der Waals surface area contributed by atoms with Crippen LogP contribution in [0.25, 0.3) is 10.9 Å². The Bertz CT molecular complexity index is 1930. The van der Waals surface area contributed by atoms with Crippen LogP contribution >= 0.6 is 23.4 Å². The Labute approximate surface area is 298 Å². The van der Waals surface area contributed by atoms with Crippen molar-refractivity contribution in [1.29, 1.82) is 0 Å². The highest BCUT2D eigenvalue weighted by atomic mass is 35.5.